The van der Waals surface area contributed by atoms with Crippen molar-refractivity contribution in [1.29, 1.82) is 0 Å². The zero-order valence-corrected chi connectivity index (χ0v) is 20.8. The summed E-state index contributed by atoms with van der Waals surface area (Å²) in [6, 6.07) is 13.8. The summed E-state index contributed by atoms with van der Waals surface area (Å²) in [5.41, 5.74) is 3.09. The Morgan fingerprint density at radius 3 is 2.57 bits per heavy atom. The van der Waals surface area contributed by atoms with Crippen molar-refractivity contribution in [3.63, 3.8) is 0 Å². The number of nitrogens with one attached hydrogen (secondary N) is 1. The van der Waals surface area contributed by atoms with Crippen LogP contribution in [0.4, 0.5) is 0 Å². The minimum atomic E-state index is 0.00512. The number of rotatable bonds is 10. The first-order valence-electron chi connectivity index (χ1n) is 12.3. The average Bonchev–Trinajstić information content (AvgIpc) is 3.33. The van der Waals surface area contributed by atoms with Crippen LogP contribution in [0, 0.1) is 12.8 Å². The van der Waals surface area contributed by atoms with Gasteiger partial charge in [-0.15, -0.1) is 0 Å². The van der Waals surface area contributed by atoms with Gasteiger partial charge in [-0.1, -0.05) is 35.5 Å². The quantitative estimate of drug-likeness (QED) is 0.463. The van der Waals surface area contributed by atoms with Crippen LogP contribution in [0.15, 0.2) is 47.0 Å². The van der Waals surface area contributed by atoms with Crippen LogP contribution in [-0.4, -0.2) is 47.3 Å². The number of likely N-dealkylation sites (tertiary alicyclic amines) is 1. The number of carbonyl (C=O) groups excluding carboxylic acids is 1. The van der Waals surface area contributed by atoms with Gasteiger partial charge < -0.3 is 19.3 Å². The molecule has 1 fully saturated rings. The van der Waals surface area contributed by atoms with E-state index in [-0.39, 0.29) is 11.8 Å². The average molecular weight is 479 g/mol. The van der Waals surface area contributed by atoms with Crippen molar-refractivity contribution in [2.24, 2.45) is 5.92 Å². The monoisotopic (exact) mass is 478 g/mol. The van der Waals surface area contributed by atoms with Crippen molar-refractivity contribution in [3.8, 4) is 22.9 Å². The fourth-order valence-electron chi connectivity index (χ4n) is 4.34. The topological polar surface area (TPSA) is 89.7 Å². The van der Waals surface area contributed by atoms with Gasteiger partial charge in [-0.2, -0.15) is 4.98 Å². The summed E-state index contributed by atoms with van der Waals surface area (Å²) in [5.74, 6) is 2.76. The minimum absolute atomic E-state index is 0.00512. The lowest BCUT2D eigenvalue weighted by Gasteiger charge is -2.30. The zero-order valence-electron chi connectivity index (χ0n) is 20.8. The number of aryl methyl sites for hydroxylation is 1. The third kappa shape index (κ3) is 6.39. The van der Waals surface area contributed by atoms with E-state index < -0.39 is 0 Å². The largest absolute Gasteiger partial charge is 0.490 e. The second-order valence-electron chi connectivity index (χ2n) is 8.74. The first kappa shape index (κ1) is 24.7. The second kappa shape index (κ2) is 11.8. The van der Waals surface area contributed by atoms with E-state index in [1.54, 1.807) is 0 Å². The molecule has 1 aliphatic heterocycles. The molecule has 1 aromatic heterocycles. The summed E-state index contributed by atoms with van der Waals surface area (Å²) in [4.78, 5) is 19.6. The number of benzene rings is 2. The van der Waals surface area contributed by atoms with Crippen molar-refractivity contribution in [2.75, 3.05) is 26.3 Å². The Bertz CT molecular complexity index is 1120. The lowest BCUT2D eigenvalue weighted by Crippen LogP contribution is -2.40. The molecule has 1 aliphatic rings. The van der Waals surface area contributed by atoms with Gasteiger partial charge in [0, 0.05) is 18.0 Å². The number of carbonyl (C=O) groups is 1. The third-order valence-corrected chi connectivity index (χ3v) is 6.25. The van der Waals surface area contributed by atoms with E-state index >= 15 is 0 Å². The highest BCUT2D eigenvalue weighted by molar-refractivity contribution is 5.78. The van der Waals surface area contributed by atoms with Gasteiger partial charge in [-0.3, -0.25) is 9.69 Å². The van der Waals surface area contributed by atoms with Crippen LogP contribution in [0.1, 0.15) is 43.7 Å². The van der Waals surface area contributed by atoms with Gasteiger partial charge in [-0.05, 0) is 70.0 Å². The molecular weight excluding hydrogens is 444 g/mol. The van der Waals surface area contributed by atoms with E-state index in [0.717, 1.165) is 48.4 Å². The van der Waals surface area contributed by atoms with Crippen molar-refractivity contribution in [3.05, 3.63) is 59.5 Å². The number of nitrogens with zero attached hydrogens (tertiary/aromatic N) is 3. The summed E-state index contributed by atoms with van der Waals surface area (Å²) in [6.07, 6.45) is 1.61. The number of ether oxygens (including phenoxy) is 2. The molecule has 0 aliphatic carbocycles. The van der Waals surface area contributed by atoms with Crippen LogP contribution in [0.3, 0.4) is 0 Å². The lowest BCUT2D eigenvalue weighted by atomic mass is 9.96. The van der Waals surface area contributed by atoms with Crippen molar-refractivity contribution in [1.82, 2.24) is 20.4 Å². The van der Waals surface area contributed by atoms with Crippen LogP contribution >= 0.6 is 0 Å². The third-order valence-electron chi connectivity index (χ3n) is 6.25. The molecule has 0 saturated carbocycles. The maximum Gasteiger partial charge on any atom is 0.241 e. The van der Waals surface area contributed by atoms with Crippen molar-refractivity contribution >= 4 is 5.91 Å². The van der Waals surface area contributed by atoms with Gasteiger partial charge >= 0.3 is 0 Å². The molecule has 0 unspecified atom stereocenters. The molecule has 0 bridgehead atoms. The maximum absolute atomic E-state index is 12.8. The first-order chi connectivity index (χ1) is 17.1. The molecule has 8 nitrogen and oxygen atoms in total. The highest BCUT2D eigenvalue weighted by Gasteiger charge is 2.26. The highest BCUT2D eigenvalue weighted by Crippen LogP contribution is 2.29. The Kier molecular flexibility index (Phi) is 8.36. The number of hydrogen-bond acceptors (Lipinski definition) is 7. The van der Waals surface area contributed by atoms with Gasteiger partial charge in [0.2, 0.25) is 17.6 Å². The summed E-state index contributed by atoms with van der Waals surface area (Å²) in [5, 5.41) is 7.23. The molecular formula is C27H34N4O4. The van der Waals surface area contributed by atoms with E-state index in [1.165, 1.54) is 0 Å². The number of amides is 1. The molecule has 8 heteroatoms. The van der Waals surface area contributed by atoms with Gasteiger partial charge in [0.15, 0.2) is 11.5 Å². The Hall–Kier alpha value is -3.39. The van der Waals surface area contributed by atoms with Gasteiger partial charge in [-0.25, -0.2) is 0 Å². The summed E-state index contributed by atoms with van der Waals surface area (Å²) in [6.45, 7) is 9.76. The van der Waals surface area contributed by atoms with Crippen LogP contribution in [0.2, 0.25) is 0 Å². The van der Waals surface area contributed by atoms with Crippen LogP contribution in [0.25, 0.3) is 11.4 Å². The molecule has 186 valence electrons. The SMILES string of the molecule is CCOc1ccc(CNC(=O)C2CCN(Cc3nc(-c4ccccc4C)no3)CC2)cc1OCC. The fourth-order valence-corrected chi connectivity index (χ4v) is 4.34. The molecule has 3 aromatic rings. The van der Waals surface area contributed by atoms with Gasteiger partial charge in [0.1, 0.15) is 0 Å². The predicted molar refractivity (Wildman–Crippen MR) is 133 cm³/mol. The summed E-state index contributed by atoms with van der Waals surface area (Å²) < 4.78 is 16.8. The minimum Gasteiger partial charge on any atom is -0.490 e. The van der Waals surface area contributed by atoms with E-state index in [9.17, 15) is 4.79 Å². The zero-order chi connectivity index (χ0) is 24.6. The highest BCUT2D eigenvalue weighted by atomic mass is 16.5. The van der Waals surface area contributed by atoms with E-state index in [2.05, 4.69) is 20.4 Å². The molecule has 35 heavy (non-hydrogen) atoms. The molecule has 2 heterocycles. The Labute approximate surface area is 206 Å². The molecule has 1 saturated heterocycles. The number of hydrogen-bond donors (Lipinski definition) is 1. The first-order valence-corrected chi connectivity index (χ1v) is 12.3. The molecule has 1 amide bonds. The predicted octanol–water partition coefficient (Wildman–Crippen LogP) is 4.37. The molecule has 0 spiro atoms. The Balaban J connectivity index is 1.25. The summed E-state index contributed by atoms with van der Waals surface area (Å²) >= 11 is 0. The maximum atomic E-state index is 12.8. The number of aromatic nitrogens is 2. The molecule has 0 radical (unpaired) electrons. The molecule has 2 aromatic carbocycles. The van der Waals surface area contributed by atoms with E-state index in [4.69, 9.17) is 14.0 Å². The van der Waals surface area contributed by atoms with Crippen LogP contribution in [0.5, 0.6) is 11.5 Å². The standard InChI is InChI=1S/C27H34N4O4/c1-4-33-23-11-10-20(16-24(23)34-5-2)17-28-27(32)21-12-14-31(15-13-21)18-25-29-26(30-35-25)22-9-7-6-8-19(22)3/h6-11,16,21H,4-5,12-15,17-18H2,1-3H3,(H,28,32). The van der Waals surface area contributed by atoms with Gasteiger partial charge in [0.05, 0.1) is 19.8 Å². The normalized spacial score (nSPS) is 14.6. The van der Waals surface area contributed by atoms with Crippen LogP contribution < -0.4 is 14.8 Å². The fraction of sp³-hybridized carbons (Fsp3) is 0.444. The van der Waals surface area contributed by atoms with E-state index in [0.29, 0.717) is 43.8 Å². The Morgan fingerprint density at radius 2 is 1.83 bits per heavy atom. The van der Waals surface area contributed by atoms with Gasteiger partial charge in [0.25, 0.3) is 0 Å². The second-order valence-corrected chi connectivity index (χ2v) is 8.74. The molecule has 1 N–H and O–H groups in total. The van der Waals surface area contributed by atoms with Crippen LogP contribution in [-0.2, 0) is 17.9 Å². The van der Waals surface area contributed by atoms with Crippen molar-refractivity contribution < 1.29 is 18.8 Å². The van der Waals surface area contributed by atoms with Crippen molar-refractivity contribution in [2.45, 2.75) is 46.7 Å². The smallest absolute Gasteiger partial charge is 0.241 e. The number of piperidine rings is 1. The molecule has 0 atom stereocenters. The van der Waals surface area contributed by atoms with E-state index in [1.807, 2.05) is 63.2 Å². The summed E-state index contributed by atoms with van der Waals surface area (Å²) in [7, 11) is 0. The molecule has 4 rings (SSSR count). The Morgan fingerprint density at radius 1 is 1.09 bits per heavy atom. The lowest BCUT2D eigenvalue weighted by molar-refractivity contribution is -0.126.